The molecular weight excluding hydrogens is 432 g/mol. The first-order valence-corrected chi connectivity index (χ1v) is 11.4. The lowest BCUT2D eigenvalue weighted by Gasteiger charge is -2.34. The summed E-state index contributed by atoms with van der Waals surface area (Å²) in [6, 6.07) is 5.42. The van der Waals surface area contributed by atoms with Crippen molar-refractivity contribution in [1.29, 1.82) is 0 Å². The number of hydrogen-bond acceptors (Lipinski definition) is 8. The van der Waals surface area contributed by atoms with Gasteiger partial charge in [0.15, 0.2) is 11.5 Å². The molecular formula is C23H30N2O6S. The van der Waals surface area contributed by atoms with E-state index in [9.17, 15) is 9.59 Å². The minimum Gasteiger partial charge on any atom is -0.493 e. The van der Waals surface area contributed by atoms with Crippen LogP contribution >= 0.6 is 11.3 Å². The highest BCUT2D eigenvalue weighted by molar-refractivity contribution is 7.15. The highest BCUT2D eigenvalue weighted by Crippen LogP contribution is 2.39. The van der Waals surface area contributed by atoms with E-state index in [0.717, 1.165) is 5.56 Å². The first-order chi connectivity index (χ1) is 15.4. The van der Waals surface area contributed by atoms with Gasteiger partial charge in [0.2, 0.25) is 5.91 Å². The van der Waals surface area contributed by atoms with E-state index < -0.39 is 5.97 Å². The number of methoxy groups -OCH3 is 2. The third kappa shape index (κ3) is 5.59. The summed E-state index contributed by atoms with van der Waals surface area (Å²) < 4.78 is 21.7. The zero-order chi connectivity index (χ0) is 23.3. The summed E-state index contributed by atoms with van der Waals surface area (Å²) in [6.07, 6.45) is 0.139. The smallest absolute Gasteiger partial charge is 0.341 e. The van der Waals surface area contributed by atoms with Crippen LogP contribution < -0.4 is 14.8 Å². The Bertz CT molecular complexity index is 950. The van der Waals surface area contributed by atoms with Gasteiger partial charge in [-0.2, -0.15) is 0 Å². The molecule has 2 atom stereocenters. The second kappa shape index (κ2) is 10.8. The van der Waals surface area contributed by atoms with Crippen molar-refractivity contribution in [3.8, 4) is 22.6 Å². The Hall–Kier alpha value is -2.62. The van der Waals surface area contributed by atoms with Crippen molar-refractivity contribution in [3.63, 3.8) is 0 Å². The summed E-state index contributed by atoms with van der Waals surface area (Å²) >= 11 is 1.29. The van der Waals surface area contributed by atoms with Crippen LogP contribution in [0.4, 0.5) is 5.00 Å². The molecule has 0 saturated carbocycles. The number of hydrogen-bond donors (Lipinski definition) is 1. The van der Waals surface area contributed by atoms with E-state index in [0.29, 0.717) is 40.7 Å². The summed E-state index contributed by atoms with van der Waals surface area (Å²) in [7, 11) is 3.12. The number of anilines is 1. The first kappa shape index (κ1) is 24.0. The number of rotatable bonds is 8. The van der Waals surface area contributed by atoms with Gasteiger partial charge in [-0.1, -0.05) is 6.07 Å². The van der Waals surface area contributed by atoms with Crippen molar-refractivity contribution in [2.24, 2.45) is 0 Å². The lowest BCUT2D eigenvalue weighted by Crippen LogP contribution is -2.48. The van der Waals surface area contributed by atoms with Crippen molar-refractivity contribution in [3.05, 3.63) is 29.1 Å². The molecule has 1 aromatic carbocycles. The molecule has 1 aliphatic rings. The van der Waals surface area contributed by atoms with Crippen molar-refractivity contribution in [2.45, 2.75) is 33.0 Å². The third-order valence-electron chi connectivity index (χ3n) is 5.08. The van der Waals surface area contributed by atoms with Gasteiger partial charge in [0.25, 0.3) is 0 Å². The van der Waals surface area contributed by atoms with Crippen LogP contribution in [0.2, 0.25) is 0 Å². The molecule has 1 aliphatic heterocycles. The summed E-state index contributed by atoms with van der Waals surface area (Å²) in [5, 5.41) is 5.21. The van der Waals surface area contributed by atoms with Gasteiger partial charge >= 0.3 is 5.97 Å². The average Bonchev–Trinajstić information content (AvgIpc) is 3.15. The van der Waals surface area contributed by atoms with Gasteiger partial charge in [0.1, 0.15) is 10.6 Å². The number of benzene rings is 1. The Balaban J connectivity index is 1.86. The van der Waals surface area contributed by atoms with E-state index in [1.807, 2.05) is 25.3 Å². The Labute approximate surface area is 192 Å². The minimum absolute atomic E-state index is 0.0695. The van der Waals surface area contributed by atoms with Crippen molar-refractivity contribution in [2.75, 3.05) is 45.8 Å². The largest absolute Gasteiger partial charge is 0.493 e. The number of amides is 1. The highest BCUT2D eigenvalue weighted by atomic mass is 32.1. The molecule has 0 radical (unpaired) electrons. The topological polar surface area (TPSA) is 86.3 Å². The monoisotopic (exact) mass is 462 g/mol. The van der Waals surface area contributed by atoms with Crippen LogP contribution in [0.3, 0.4) is 0 Å². The fourth-order valence-corrected chi connectivity index (χ4v) is 4.83. The van der Waals surface area contributed by atoms with Gasteiger partial charge in [-0.05, 0) is 38.5 Å². The predicted molar refractivity (Wildman–Crippen MR) is 124 cm³/mol. The van der Waals surface area contributed by atoms with E-state index in [1.54, 1.807) is 33.3 Å². The maximum atomic E-state index is 12.8. The maximum Gasteiger partial charge on any atom is 0.341 e. The van der Waals surface area contributed by atoms with Crippen molar-refractivity contribution < 1.29 is 28.5 Å². The van der Waals surface area contributed by atoms with Crippen LogP contribution in [-0.2, 0) is 14.3 Å². The molecule has 1 amide bonds. The van der Waals surface area contributed by atoms with Crippen LogP contribution in [0.1, 0.15) is 31.1 Å². The molecule has 1 saturated heterocycles. The summed E-state index contributed by atoms with van der Waals surface area (Å²) in [6.45, 7) is 7.57. The Morgan fingerprint density at radius 3 is 2.47 bits per heavy atom. The van der Waals surface area contributed by atoms with Gasteiger partial charge < -0.3 is 24.3 Å². The summed E-state index contributed by atoms with van der Waals surface area (Å²) in [5.74, 6) is 0.471. The molecule has 8 nitrogen and oxygen atoms in total. The van der Waals surface area contributed by atoms with Crippen LogP contribution in [0.25, 0.3) is 11.1 Å². The van der Waals surface area contributed by atoms with Gasteiger partial charge in [-0.25, -0.2) is 4.79 Å². The average molecular weight is 463 g/mol. The quantitative estimate of drug-likeness (QED) is 0.599. The maximum absolute atomic E-state index is 12.8. The molecule has 174 valence electrons. The van der Waals surface area contributed by atoms with Crippen molar-refractivity contribution >= 4 is 28.2 Å². The Morgan fingerprint density at radius 2 is 1.84 bits per heavy atom. The number of esters is 1. The molecule has 2 heterocycles. The number of thiophene rings is 1. The number of ether oxygens (including phenoxy) is 4. The fraction of sp³-hybridized carbons (Fsp3) is 0.478. The molecule has 0 aliphatic carbocycles. The fourth-order valence-electron chi connectivity index (χ4n) is 3.85. The zero-order valence-electron chi connectivity index (χ0n) is 19.1. The molecule has 1 fully saturated rings. The number of nitrogens with zero attached hydrogens (tertiary/aromatic N) is 1. The number of morpholine rings is 1. The van der Waals surface area contributed by atoms with Gasteiger partial charge in [-0.3, -0.25) is 9.69 Å². The van der Waals surface area contributed by atoms with E-state index in [-0.39, 0.29) is 31.3 Å². The van der Waals surface area contributed by atoms with Crippen molar-refractivity contribution in [1.82, 2.24) is 4.90 Å². The lowest BCUT2D eigenvalue weighted by molar-refractivity contribution is -0.121. The van der Waals surface area contributed by atoms with E-state index >= 15 is 0 Å². The van der Waals surface area contributed by atoms with Crippen LogP contribution in [-0.4, -0.2) is 69.4 Å². The Kier molecular flexibility index (Phi) is 8.11. The SMILES string of the molecule is CCOC(=O)c1c(-c2ccc(OC)c(OC)c2)csc1NC(=O)CN1C[C@@H](C)O[C@H](C)C1. The van der Waals surface area contributed by atoms with E-state index in [2.05, 4.69) is 10.2 Å². The van der Waals surface area contributed by atoms with Gasteiger partial charge in [0.05, 0.1) is 39.6 Å². The number of carbonyl (C=O) groups excluding carboxylic acids is 2. The molecule has 32 heavy (non-hydrogen) atoms. The van der Waals surface area contributed by atoms with Gasteiger partial charge in [-0.15, -0.1) is 11.3 Å². The summed E-state index contributed by atoms with van der Waals surface area (Å²) in [4.78, 5) is 27.6. The molecule has 3 rings (SSSR count). The predicted octanol–water partition coefficient (Wildman–Crippen LogP) is 3.66. The molecule has 0 unspecified atom stereocenters. The van der Waals surface area contributed by atoms with Crippen LogP contribution in [0.5, 0.6) is 11.5 Å². The number of carbonyl (C=O) groups is 2. The highest BCUT2D eigenvalue weighted by Gasteiger charge is 2.26. The zero-order valence-corrected chi connectivity index (χ0v) is 19.9. The van der Waals surface area contributed by atoms with Crippen LogP contribution in [0.15, 0.2) is 23.6 Å². The molecule has 9 heteroatoms. The second-order valence-corrected chi connectivity index (χ2v) is 8.52. The minimum atomic E-state index is -0.484. The second-order valence-electron chi connectivity index (χ2n) is 7.64. The molecule has 0 bridgehead atoms. The Morgan fingerprint density at radius 1 is 1.16 bits per heavy atom. The van der Waals surface area contributed by atoms with E-state index in [1.165, 1.54) is 11.3 Å². The standard InChI is InChI=1S/C23H30N2O6S/c1-6-30-23(27)21-17(16-7-8-18(28-4)19(9-16)29-5)13-32-22(21)24-20(26)12-25-10-14(2)31-15(3)11-25/h7-9,13-15H,6,10-12H2,1-5H3,(H,24,26)/t14-,15-/m1/s1. The number of nitrogens with one attached hydrogen (secondary N) is 1. The lowest BCUT2D eigenvalue weighted by atomic mass is 10.0. The first-order valence-electron chi connectivity index (χ1n) is 10.5. The summed E-state index contributed by atoms with van der Waals surface area (Å²) in [5.41, 5.74) is 1.76. The van der Waals surface area contributed by atoms with Crippen LogP contribution in [0, 0.1) is 0 Å². The normalized spacial score (nSPS) is 18.8. The molecule has 1 aromatic heterocycles. The third-order valence-corrected chi connectivity index (χ3v) is 5.98. The molecule has 2 aromatic rings. The molecule has 1 N–H and O–H groups in total. The molecule has 0 spiro atoms. The van der Waals surface area contributed by atoms with E-state index in [4.69, 9.17) is 18.9 Å². The van der Waals surface area contributed by atoms with Gasteiger partial charge in [0, 0.05) is 24.0 Å².